The van der Waals surface area contributed by atoms with E-state index in [1.807, 2.05) is 18.9 Å². The van der Waals surface area contributed by atoms with Crippen molar-refractivity contribution in [1.29, 1.82) is 0 Å². The summed E-state index contributed by atoms with van der Waals surface area (Å²) in [5.41, 5.74) is 5.36. The number of nitrogens with zero attached hydrogens (tertiary/aromatic N) is 1. The molecule has 1 aliphatic heterocycles. The van der Waals surface area contributed by atoms with Gasteiger partial charge in [-0.25, -0.2) is 0 Å². The third kappa shape index (κ3) is 2.69. The number of ether oxygens (including phenoxy) is 1. The standard InChI is InChI=1S/C10H20N2O2/c1-8-9(5-7-14-8)12(2)10(13)4-3-6-11/h8-9H,3-7,11H2,1-2H3. The van der Waals surface area contributed by atoms with Crippen LogP contribution in [-0.2, 0) is 9.53 Å². The van der Waals surface area contributed by atoms with Crippen molar-refractivity contribution in [2.75, 3.05) is 20.2 Å². The Morgan fingerprint density at radius 2 is 2.36 bits per heavy atom. The van der Waals surface area contributed by atoms with Crippen LogP contribution in [-0.4, -0.2) is 43.2 Å². The number of carbonyl (C=O) groups excluding carboxylic acids is 1. The molecule has 2 unspecified atom stereocenters. The minimum Gasteiger partial charge on any atom is -0.376 e. The maximum Gasteiger partial charge on any atom is 0.222 e. The molecule has 1 heterocycles. The molecule has 14 heavy (non-hydrogen) atoms. The lowest BCUT2D eigenvalue weighted by Crippen LogP contribution is -2.41. The molecular weight excluding hydrogens is 180 g/mol. The van der Waals surface area contributed by atoms with E-state index >= 15 is 0 Å². The normalized spacial score (nSPS) is 26.5. The lowest BCUT2D eigenvalue weighted by atomic mass is 10.1. The Morgan fingerprint density at radius 3 is 2.86 bits per heavy atom. The van der Waals surface area contributed by atoms with Crippen LogP contribution in [0.5, 0.6) is 0 Å². The predicted octanol–water partition coefficient (Wildman–Crippen LogP) is 0.361. The lowest BCUT2D eigenvalue weighted by Gasteiger charge is -2.26. The number of amides is 1. The summed E-state index contributed by atoms with van der Waals surface area (Å²) in [4.78, 5) is 13.5. The molecule has 0 saturated carbocycles. The zero-order valence-corrected chi connectivity index (χ0v) is 9.03. The van der Waals surface area contributed by atoms with Crippen LogP contribution in [0.25, 0.3) is 0 Å². The highest BCUT2D eigenvalue weighted by molar-refractivity contribution is 5.76. The van der Waals surface area contributed by atoms with E-state index in [-0.39, 0.29) is 18.1 Å². The summed E-state index contributed by atoms with van der Waals surface area (Å²) in [7, 11) is 1.86. The van der Waals surface area contributed by atoms with Gasteiger partial charge in [-0.05, 0) is 26.3 Å². The average Bonchev–Trinajstić information content (AvgIpc) is 2.59. The molecule has 0 radical (unpaired) electrons. The highest BCUT2D eigenvalue weighted by atomic mass is 16.5. The topological polar surface area (TPSA) is 55.6 Å². The molecule has 0 aromatic rings. The molecule has 0 aromatic heterocycles. The Morgan fingerprint density at radius 1 is 1.64 bits per heavy atom. The zero-order valence-electron chi connectivity index (χ0n) is 9.03. The van der Waals surface area contributed by atoms with Crippen molar-refractivity contribution >= 4 is 5.91 Å². The van der Waals surface area contributed by atoms with Gasteiger partial charge in [-0.2, -0.15) is 0 Å². The fourth-order valence-corrected chi connectivity index (χ4v) is 1.84. The molecule has 2 N–H and O–H groups in total. The molecule has 1 amide bonds. The summed E-state index contributed by atoms with van der Waals surface area (Å²) in [6.07, 6.45) is 2.44. The number of hydrogen-bond acceptors (Lipinski definition) is 3. The number of hydrogen-bond donors (Lipinski definition) is 1. The molecule has 2 atom stereocenters. The van der Waals surface area contributed by atoms with Gasteiger partial charge in [-0.3, -0.25) is 4.79 Å². The van der Waals surface area contributed by atoms with Crippen LogP contribution >= 0.6 is 0 Å². The third-order valence-corrected chi connectivity index (χ3v) is 2.82. The SMILES string of the molecule is CC1OCCC1N(C)C(=O)CCCN. The van der Waals surface area contributed by atoms with Crippen molar-refractivity contribution in [2.24, 2.45) is 5.73 Å². The largest absolute Gasteiger partial charge is 0.376 e. The van der Waals surface area contributed by atoms with Crippen molar-refractivity contribution in [2.45, 2.75) is 38.3 Å². The molecule has 4 nitrogen and oxygen atoms in total. The molecule has 1 aliphatic rings. The molecule has 4 heteroatoms. The third-order valence-electron chi connectivity index (χ3n) is 2.82. The van der Waals surface area contributed by atoms with Gasteiger partial charge in [-0.1, -0.05) is 0 Å². The van der Waals surface area contributed by atoms with Crippen LogP contribution < -0.4 is 5.73 Å². The first kappa shape index (κ1) is 11.5. The van der Waals surface area contributed by atoms with E-state index in [0.29, 0.717) is 13.0 Å². The number of carbonyl (C=O) groups is 1. The second kappa shape index (κ2) is 5.32. The molecule has 0 aliphatic carbocycles. The minimum absolute atomic E-state index is 0.168. The Kier molecular flexibility index (Phi) is 4.35. The Hall–Kier alpha value is -0.610. The molecule has 0 bridgehead atoms. The van der Waals surface area contributed by atoms with Crippen molar-refractivity contribution in [3.63, 3.8) is 0 Å². The van der Waals surface area contributed by atoms with E-state index in [4.69, 9.17) is 10.5 Å². The first-order valence-corrected chi connectivity index (χ1v) is 5.24. The average molecular weight is 200 g/mol. The van der Waals surface area contributed by atoms with Gasteiger partial charge in [0.1, 0.15) is 0 Å². The van der Waals surface area contributed by atoms with Crippen LogP contribution in [0.15, 0.2) is 0 Å². The van der Waals surface area contributed by atoms with E-state index in [1.54, 1.807) is 0 Å². The second-order valence-corrected chi connectivity index (χ2v) is 3.83. The summed E-state index contributed by atoms with van der Waals surface area (Å²) >= 11 is 0. The summed E-state index contributed by atoms with van der Waals surface area (Å²) in [5.74, 6) is 0.179. The quantitative estimate of drug-likeness (QED) is 0.713. The van der Waals surface area contributed by atoms with E-state index in [0.717, 1.165) is 19.4 Å². The maximum atomic E-state index is 11.6. The van der Waals surface area contributed by atoms with Gasteiger partial charge in [-0.15, -0.1) is 0 Å². The fourth-order valence-electron chi connectivity index (χ4n) is 1.84. The van der Waals surface area contributed by atoms with Gasteiger partial charge in [0.25, 0.3) is 0 Å². The van der Waals surface area contributed by atoms with E-state index in [2.05, 4.69) is 0 Å². The van der Waals surface area contributed by atoms with E-state index in [1.165, 1.54) is 0 Å². The summed E-state index contributed by atoms with van der Waals surface area (Å²) < 4.78 is 5.42. The van der Waals surface area contributed by atoms with Crippen molar-refractivity contribution in [1.82, 2.24) is 4.90 Å². The summed E-state index contributed by atoms with van der Waals surface area (Å²) in [5, 5.41) is 0. The van der Waals surface area contributed by atoms with Gasteiger partial charge >= 0.3 is 0 Å². The smallest absolute Gasteiger partial charge is 0.222 e. The highest BCUT2D eigenvalue weighted by Crippen LogP contribution is 2.18. The minimum atomic E-state index is 0.168. The predicted molar refractivity (Wildman–Crippen MR) is 54.9 cm³/mol. The molecule has 1 fully saturated rings. The van der Waals surface area contributed by atoms with E-state index in [9.17, 15) is 4.79 Å². The number of rotatable bonds is 4. The first-order chi connectivity index (χ1) is 6.66. The molecule has 82 valence electrons. The van der Waals surface area contributed by atoms with Crippen molar-refractivity contribution < 1.29 is 9.53 Å². The summed E-state index contributed by atoms with van der Waals surface area (Å²) in [6, 6.07) is 0.250. The van der Waals surface area contributed by atoms with Gasteiger partial charge in [0, 0.05) is 20.1 Å². The number of nitrogens with two attached hydrogens (primary N) is 1. The Bertz CT molecular complexity index is 197. The monoisotopic (exact) mass is 200 g/mol. The van der Waals surface area contributed by atoms with Crippen LogP contribution in [0.3, 0.4) is 0 Å². The van der Waals surface area contributed by atoms with E-state index < -0.39 is 0 Å². The molecular formula is C10H20N2O2. The Labute approximate surface area is 85.4 Å². The lowest BCUT2D eigenvalue weighted by molar-refractivity contribution is -0.132. The van der Waals surface area contributed by atoms with Gasteiger partial charge in [0.05, 0.1) is 12.1 Å². The van der Waals surface area contributed by atoms with Crippen LogP contribution in [0.2, 0.25) is 0 Å². The maximum absolute atomic E-state index is 11.6. The molecule has 0 aromatic carbocycles. The second-order valence-electron chi connectivity index (χ2n) is 3.83. The highest BCUT2D eigenvalue weighted by Gasteiger charge is 2.29. The van der Waals surface area contributed by atoms with Crippen molar-refractivity contribution in [3.8, 4) is 0 Å². The summed E-state index contributed by atoms with van der Waals surface area (Å²) in [6.45, 7) is 3.36. The molecule has 1 rings (SSSR count). The first-order valence-electron chi connectivity index (χ1n) is 5.24. The molecule has 0 spiro atoms. The van der Waals surface area contributed by atoms with Gasteiger partial charge in [0.2, 0.25) is 5.91 Å². The molecule has 1 saturated heterocycles. The van der Waals surface area contributed by atoms with Gasteiger partial charge in [0.15, 0.2) is 0 Å². The number of likely N-dealkylation sites (N-methyl/N-ethyl adjacent to an activating group) is 1. The van der Waals surface area contributed by atoms with Crippen LogP contribution in [0.4, 0.5) is 0 Å². The fraction of sp³-hybridized carbons (Fsp3) is 0.900. The van der Waals surface area contributed by atoms with Crippen LogP contribution in [0, 0.1) is 0 Å². The zero-order chi connectivity index (χ0) is 10.6. The van der Waals surface area contributed by atoms with Crippen LogP contribution in [0.1, 0.15) is 26.2 Å². The van der Waals surface area contributed by atoms with Gasteiger partial charge < -0.3 is 15.4 Å². The Balaban J connectivity index is 2.39. The van der Waals surface area contributed by atoms with Crippen molar-refractivity contribution in [3.05, 3.63) is 0 Å².